The van der Waals surface area contributed by atoms with Crippen LogP contribution in [-0.2, 0) is 11.3 Å². The summed E-state index contributed by atoms with van der Waals surface area (Å²) in [6.07, 6.45) is 2.11. The second-order valence-electron chi connectivity index (χ2n) is 5.20. The normalized spacial score (nSPS) is 19.6. The Morgan fingerprint density at radius 2 is 2.36 bits per heavy atom. The molecule has 6 nitrogen and oxygen atoms in total. The van der Waals surface area contributed by atoms with Crippen LogP contribution in [0.4, 0.5) is 0 Å². The van der Waals surface area contributed by atoms with Crippen LogP contribution < -0.4 is 10.6 Å². The van der Waals surface area contributed by atoms with Crippen molar-refractivity contribution >= 4 is 41.3 Å². The molecule has 22 heavy (non-hydrogen) atoms. The second-order valence-corrected chi connectivity index (χ2v) is 6.52. The van der Waals surface area contributed by atoms with Gasteiger partial charge in [0.2, 0.25) is 0 Å². The van der Waals surface area contributed by atoms with Crippen LogP contribution in [0.2, 0.25) is 0 Å². The molecule has 0 aliphatic carbocycles. The molecule has 2 rings (SSSR count). The molecule has 2 N–H and O–H groups in total. The number of ether oxygens (including phenoxy) is 1. The van der Waals surface area contributed by atoms with Gasteiger partial charge in [-0.05, 0) is 20.9 Å². The first-order chi connectivity index (χ1) is 10.2. The highest BCUT2D eigenvalue weighted by Gasteiger charge is 2.17. The van der Waals surface area contributed by atoms with E-state index in [1.807, 2.05) is 6.20 Å². The van der Waals surface area contributed by atoms with Crippen molar-refractivity contribution in [3.05, 3.63) is 16.1 Å². The zero-order chi connectivity index (χ0) is 15.1. The molecule has 1 aromatic heterocycles. The van der Waals surface area contributed by atoms with Gasteiger partial charge in [-0.25, -0.2) is 9.98 Å². The van der Waals surface area contributed by atoms with E-state index in [0.717, 1.165) is 43.8 Å². The quantitative estimate of drug-likeness (QED) is 0.413. The highest BCUT2D eigenvalue weighted by molar-refractivity contribution is 14.0. The third-order valence-corrected chi connectivity index (χ3v) is 4.12. The SMILES string of the molecule is CCNC(=NCc1ncc(C)s1)NCC1CN(C)CCO1.I. The minimum Gasteiger partial charge on any atom is -0.374 e. The van der Waals surface area contributed by atoms with Crippen molar-refractivity contribution in [2.45, 2.75) is 26.5 Å². The van der Waals surface area contributed by atoms with Crippen LogP contribution in [0.15, 0.2) is 11.2 Å². The molecule has 0 saturated carbocycles. The molecule has 0 amide bonds. The van der Waals surface area contributed by atoms with Gasteiger partial charge in [-0.1, -0.05) is 0 Å². The van der Waals surface area contributed by atoms with E-state index in [9.17, 15) is 0 Å². The van der Waals surface area contributed by atoms with E-state index in [1.165, 1.54) is 4.88 Å². The van der Waals surface area contributed by atoms with E-state index >= 15 is 0 Å². The summed E-state index contributed by atoms with van der Waals surface area (Å²) in [6, 6.07) is 0. The van der Waals surface area contributed by atoms with Gasteiger partial charge in [-0.15, -0.1) is 35.3 Å². The van der Waals surface area contributed by atoms with Gasteiger partial charge in [-0.2, -0.15) is 0 Å². The molecule has 1 aliphatic rings. The molecular formula is C14H26IN5OS. The Kier molecular flexibility index (Phi) is 9.22. The Labute approximate surface area is 153 Å². The number of aromatic nitrogens is 1. The fourth-order valence-electron chi connectivity index (χ4n) is 2.16. The number of aliphatic imine (C=N–C) groups is 1. The number of guanidine groups is 1. The number of aryl methyl sites for hydroxylation is 1. The molecule has 1 unspecified atom stereocenters. The Hall–Kier alpha value is -0.450. The summed E-state index contributed by atoms with van der Waals surface area (Å²) in [5.74, 6) is 0.821. The van der Waals surface area contributed by atoms with Crippen molar-refractivity contribution in [2.24, 2.45) is 4.99 Å². The fraction of sp³-hybridized carbons (Fsp3) is 0.714. The van der Waals surface area contributed by atoms with Crippen LogP contribution in [0.1, 0.15) is 16.8 Å². The number of thiazole rings is 1. The third kappa shape index (κ3) is 6.76. The van der Waals surface area contributed by atoms with Crippen LogP contribution >= 0.6 is 35.3 Å². The standard InChI is InChI=1S/C14H25N5OS.HI/c1-4-15-14(18-9-13-16-7-11(2)21-13)17-8-12-10-19(3)5-6-20-12;/h7,12H,4-6,8-10H2,1-3H3,(H2,15,17,18);1H. The molecule has 1 aliphatic heterocycles. The van der Waals surface area contributed by atoms with Gasteiger partial charge in [0.15, 0.2) is 5.96 Å². The number of rotatable bonds is 5. The number of morpholine rings is 1. The van der Waals surface area contributed by atoms with Crippen molar-refractivity contribution in [1.82, 2.24) is 20.5 Å². The molecule has 126 valence electrons. The minimum atomic E-state index is 0. The number of hydrogen-bond donors (Lipinski definition) is 2. The molecule has 0 radical (unpaired) electrons. The van der Waals surface area contributed by atoms with Crippen LogP contribution in [-0.4, -0.2) is 61.8 Å². The monoisotopic (exact) mass is 439 g/mol. The first-order valence-corrected chi connectivity index (χ1v) is 8.22. The first kappa shape index (κ1) is 19.6. The number of likely N-dealkylation sites (N-methyl/N-ethyl adjacent to an activating group) is 1. The van der Waals surface area contributed by atoms with Crippen LogP contribution in [0, 0.1) is 6.92 Å². The third-order valence-electron chi connectivity index (χ3n) is 3.22. The Morgan fingerprint density at radius 3 is 3.00 bits per heavy atom. The average Bonchev–Trinajstić information content (AvgIpc) is 2.88. The Bertz CT molecular complexity index is 468. The van der Waals surface area contributed by atoms with E-state index in [-0.39, 0.29) is 30.1 Å². The topological polar surface area (TPSA) is 61.8 Å². The number of nitrogens with zero attached hydrogens (tertiary/aromatic N) is 3. The van der Waals surface area contributed by atoms with Crippen LogP contribution in [0.3, 0.4) is 0 Å². The van der Waals surface area contributed by atoms with E-state index in [0.29, 0.717) is 6.54 Å². The van der Waals surface area contributed by atoms with E-state index < -0.39 is 0 Å². The summed E-state index contributed by atoms with van der Waals surface area (Å²) in [6.45, 7) is 9.11. The first-order valence-electron chi connectivity index (χ1n) is 7.41. The van der Waals surface area contributed by atoms with Gasteiger partial charge in [0.05, 0.1) is 19.3 Å². The molecule has 8 heteroatoms. The molecule has 0 bridgehead atoms. The summed E-state index contributed by atoms with van der Waals surface area (Å²) in [4.78, 5) is 12.4. The minimum absolute atomic E-state index is 0. The average molecular weight is 439 g/mol. The van der Waals surface area contributed by atoms with Crippen LogP contribution in [0.25, 0.3) is 0 Å². The number of hydrogen-bond acceptors (Lipinski definition) is 5. The lowest BCUT2D eigenvalue weighted by molar-refractivity contribution is -0.0161. The van der Waals surface area contributed by atoms with Crippen molar-refractivity contribution in [3.8, 4) is 0 Å². The van der Waals surface area contributed by atoms with E-state index in [4.69, 9.17) is 4.74 Å². The van der Waals surface area contributed by atoms with Gasteiger partial charge < -0.3 is 20.3 Å². The molecule has 0 spiro atoms. The summed E-state index contributed by atoms with van der Waals surface area (Å²) in [5, 5.41) is 7.65. The highest BCUT2D eigenvalue weighted by atomic mass is 127. The van der Waals surface area contributed by atoms with Gasteiger partial charge in [-0.3, -0.25) is 0 Å². The smallest absolute Gasteiger partial charge is 0.191 e. The van der Waals surface area contributed by atoms with Crippen molar-refractivity contribution in [1.29, 1.82) is 0 Å². The van der Waals surface area contributed by atoms with Gasteiger partial charge in [0.1, 0.15) is 5.01 Å². The maximum Gasteiger partial charge on any atom is 0.191 e. The number of halogens is 1. The predicted octanol–water partition coefficient (Wildman–Crippen LogP) is 1.46. The molecular weight excluding hydrogens is 413 g/mol. The maximum absolute atomic E-state index is 5.75. The summed E-state index contributed by atoms with van der Waals surface area (Å²) in [5.41, 5.74) is 0. The second kappa shape index (κ2) is 10.3. The highest BCUT2D eigenvalue weighted by Crippen LogP contribution is 2.11. The van der Waals surface area contributed by atoms with E-state index in [2.05, 4.69) is 46.4 Å². The summed E-state index contributed by atoms with van der Waals surface area (Å²) >= 11 is 1.69. The lowest BCUT2D eigenvalue weighted by atomic mass is 10.3. The largest absolute Gasteiger partial charge is 0.374 e. The van der Waals surface area contributed by atoms with Crippen molar-refractivity contribution < 1.29 is 4.74 Å². The number of nitrogens with one attached hydrogen (secondary N) is 2. The molecule has 1 atom stereocenters. The zero-order valence-corrected chi connectivity index (χ0v) is 16.6. The molecule has 1 fully saturated rings. The fourth-order valence-corrected chi connectivity index (χ4v) is 2.88. The van der Waals surface area contributed by atoms with Crippen molar-refractivity contribution in [2.75, 3.05) is 39.8 Å². The Balaban J connectivity index is 0.00000242. The summed E-state index contributed by atoms with van der Waals surface area (Å²) in [7, 11) is 2.12. The van der Waals surface area contributed by atoms with Gasteiger partial charge in [0, 0.05) is 37.3 Å². The van der Waals surface area contributed by atoms with Crippen LogP contribution in [0.5, 0.6) is 0 Å². The lowest BCUT2D eigenvalue weighted by Crippen LogP contribution is -2.48. The van der Waals surface area contributed by atoms with Gasteiger partial charge >= 0.3 is 0 Å². The van der Waals surface area contributed by atoms with Gasteiger partial charge in [0.25, 0.3) is 0 Å². The summed E-state index contributed by atoms with van der Waals surface area (Å²) < 4.78 is 5.75. The molecule has 0 aromatic carbocycles. The maximum atomic E-state index is 5.75. The molecule has 1 aromatic rings. The van der Waals surface area contributed by atoms with E-state index in [1.54, 1.807) is 11.3 Å². The predicted molar refractivity (Wildman–Crippen MR) is 102 cm³/mol. The molecule has 1 saturated heterocycles. The zero-order valence-electron chi connectivity index (χ0n) is 13.5. The Morgan fingerprint density at radius 1 is 1.55 bits per heavy atom. The lowest BCUT2D eigenvalue weighted by Gasteiger charge is -2.30. The van der Waals surface area contributed by atoms with Crippen molar-refractivity contribution in [3.63, 3.8) is 0 Å². The molecule has 2 heterocycles.